The minimum atomic E-state index is -0.242. The average Bonchev–Trinajstić information content (AvgIpc) is 3.72. The lowest BCUT2D eigenvalue weighted by molar-refractivity contribution is 0.660. The molecule has 1 aliphatic rings. The minimum Gasteiger partial charge on any atom is -0.455 e. The summed E-state index contributed by atoms with van der Waals surface area (Å²) >= 11 is 0. The van der Waals surface area contributed by atoms with Crippen LogP contribution in [-0.4, -0.2) is 15.0 Å². The highest BCUT2D eigenvalue weighted by Gasteiger charge is 2.36. The van der Waals surface area contributed by atoms with Crippen LogP contribution < -0.4 is 0 Å². The Labute approximate surface area is 312 Å². The first-order valence-corrected chi connectivity index (χ1v) is 18.1. The molecular formula is C49H32N4O. The number of aromatic nitrogens is 3. The molecule has 5 heteroatoms. The van der Waals surface area contributed by atoms with Gasteiger partial charge >= 0.3 is 0 Å². The lowest BCUT2D eigenvalue weighted by Crippen LogP contribution is -2.15. The van der Waals surface area contributed by atoms with Crippen LogP contribution in [0.15, 0.2) is 162 Å². The number of nitrogens with zero attached hydrogens (tertiary/aromatic N) is 4. The third-order valence-corrected chi connectivity index (χ3v) is 10.8. The Morgan fingerprint density at radius 2 is 1.00 bits per heavy atom. The van der Waals surface area contributed by atoms with Crippen LogP contribution in [0.5, 0.6) is 0 Å². The number of nitriles is 1. The summed E-state index contributed by atoms with van der Waals surface area (Å²) in [6, 6.07) is 56.4. The van der Waals surface area contributed by atoms with E-state index in [9.17, 15) is 5.26 Å². The summed E-state index contributed by atoms with van der Waals surface area (Å²) in [5, 5.41) is 11.8. The van der Waals surface area contributed by atoms with Crippen molar-refractivity contribution in [3.8, 4) is 73.6 Å². The van der Waals surface area contributed by atoms with Crippen molar-refractivity contribution in [3.63, 3.8) is 0 Å². The van der Waals surface area contributed by atoms with Crippen molar-refractivity contribution in [3.05, 3.63) is 174 Å². The SMILES string of the molecule is CC1(C)c2cc(C#N)ccc2-c2ccc(-c3cc(-c4ccc(-c5nc(-c6ccccc6)nc(-c6ccccc6)n5)cc4)c4oc5ccccc5c4c3)cc21. The molecular weight excluding hydrogens is 661 g/mol. The highest BCUT2D eigenvalue weighted by Crippen LogP contribution is 2.50. The summed E-state index contributed by atoms with van der Waals surface area (Å²) in [7, 11) is 0. The van der Waals surface area contributed by atoms with Crippen LogP contribution in [0.25, 0.3) is 89.5 Å². The lowest BCUT2D eigenvalue weighted by atomic mass is 9.81. The normalized spacial score (nSPS) is 12.8. The van der Waals surface area contributed by atoms with Crippen LogP contribution in [0.4, 0.5) is 0 Å². The molecule has 5 nitrogen and oxygen atoms in total. The molecule has 254 valence electrons. The highest BCUT2D eigenvalue weighted by atomic mass is 16.3. The van der Waals surface area contributed by atoms with E-state index in [0.29, 0.717) is 23.0 Å². The quantitative estimate of drug-likeness (QED) is 0.179. The van der Waals surface area contributed by atoms with Gasteiger partial charge < -0.3 is 4.42 Å². The molecule has 0 amide bonds. The molecule has 0 saturated heterocycles. The summed E-state index contributed by atoms with van der Waals surface area (Å²) in [5.41, 5.74) is 14.1. The van der Waals surface area contributed by atoms with E-state index in [-0.39, 0.29) is 5.41 Å². The van der Waals surface area contributed by atoms with Gasteiger partial charge in [0.05, 0.1) is 11.6 Å². The molecule has 0 spiro atoms. The van der Waals surface area contributed by atoms with E-state index in [1.54, 1.807) is 0 Å². The molecule has 0 N–H and O–H groups in total. The van der Waals surface area contributed by atoms with Gasteiger partial charge in [-0.2, -0.15) is 5.26 Å². The first-order valence-electron chi connectivity index (χ1n) is 18.1. The number of fused-ring (bicyclic) bond motifs is 6. The fourth-order valence-corrected chi connectivity index (χ4v) is 7.93. The van der Waals surface area contributed by atoms with Gasteiger partial charge in [-0.3, -0.25) is 0 Å². The zero-order chi connectivity index (χ0) is 36.4. The van der Waals surface area contributed by atoms with E-state index < -0.39 is 0 Å². The van der Waals surface area contributed by atoms with Crippen LogP contribution in [0.1, 0.15) is 30.5 Å². The van der Waals surface area contributed by atoms with Gasteiger partial charge in [-0.1, -0.05) is 135 Å². The number of benzene rings is 7. The second kappa shape index (κ2) is 12.2. The van der Waals surface area contributed by atoms with Crippen LogP contribution in [0.3, 0.4) is 0 Å². The molecule has 0 atom stereocenters. The van der Waals surface area contributed by atoms with Crippen molar-refractivity contribution in [2.45, 2.75) is 19.3 Å². The van der Waals surface area contributed by atoms with Crippen LogP contribution in [0, 0.1) is 11.3 Å². The standard InChI is InChI=1S/C49H32N4O/c1-49(2)42-25-30(29-50)17-23-37(42)38-24-22-35(28-43(38)49)36-26-40(45-41(27-36)39-15-9-10-16-44(39)54-45)31-18-20-34(21-19-31)48-52-46(32-11-5-3-6-12-32)51-47(53-48)33-13-7-4-8-14-33/h3-28H,1-2H3. The third kappa shape index (κ3) is 5.11. The molecule has 10 rings (SSSR count). The van der Waals surface area contributed by atoms with E-state index in [1.165, 1.54) is 22.3 Å². The molecule has 2 heterocycles. The number of para-hydroxylation sites is 1. The zero-order valence-electron chi connectivity index (χ0n) is 29.7. The Morgan fingerprint density at radius 1 is 0.463 bits per heavy atom. The highest BCUT2D eigenvalue weighted by molar-refractivity contribution is 6.11. The van der Waals surface area contributed by atoms with E-state index >= 15 is 0 Å². The van der Waals surface area contributed by atoms with Gasteiger partial charge in [0.2, 0.25) is 0 Å². The predicted octanol–water partition coefficient (Wildman–Crippen LogP) is 12.3. The number of rotatable bonds is 5. The fraction of sp³-hybridized carbons (Fsp3) is 0.0612. The van der Waals surface area contributed by atoms with Gasteiger partial charge in [-0.15, -0.1) is 0 Å². The third-order valence-electron chi connectivity index (χ3n) is 10.8. The minimum absolute atomic E-state index is 0.242. The lowest BCUT2D eigenvalue weighted by Gasteiger charge is -2.22. The summed E-state index contributed by atoms with van der Waals surface area (Å²) < 4.78 is 6.59. The Morgan fingerprint density at radius 3 is 1.65 bits per heavy atom. The van der Waals surface area contributed by atoms with Crippen molar-refractivity contribution >= 4 is 21.9 Å². The second-order valence-corrected chi connectivity index (χ2v) is 14.4. The molecule has 7 aromatic carbocycles. The molecule has 54 heavy (non-hydrogen) atoms. The average molecular weight is 693 g/mol. The molecule has 9 aromatic rings. The Kier molecular flexibility index (Phi) is 7.14. The number of hydrogen-bond acceptors (Lipinski definition) is 5. The van der Waals surface area contributed by atoms with Gasteiger partial charge in [-0.25, -0.2) is 15.0 Å². The van der Waals surface area contributed by atoms with E-state index in [2.05, 4.69) is 92.7 Å². The maximum Gasteiger partial charge on any atom is 0.164 e. The van der Waals surface area contributed by atoms with Crippen molar-refractivity contribution in [1.29, 1.82) is 5.26 Å². The fourth-order valence-electron chi connectivity index (χ4n) is 7.93. The first-order chi connectivity index (χ1) is 26.4. The van der Waals surface area contributed by atoms with Crippen LogP contribution >= 0.6 is 0 Å². The largest absolute Gasteiger partial charge is 0.455 e. The maximum atomic E-state index is 9.63. The van der Waals surface area contributed by atoms with Crippen LogP contribution in [-0.2, 0) is 5.41 Å². The molecule has 2 aromatic heterocycles. The van der Waals surface area contributed by atoms with Gasteiger partial charge in [0, 0.05) is 38.4 Å². The summed E-state index contributed by atoms with van der Waals surface area (Å²) in [4.78, 5) is 14.7. The van der Waals surface area contributed by atoms with Gasteiger partial charge in [0.1, 0.15) is 11.2 Å². The van der Waals surface area contributed by atoms with Gasteiger partial charge in [-0.05, 0) is 75.3 Å². The van der Waals surface area contributed by atoms with Gasteiger partial charge in [0.15, 0.2) is 17.5 Å². The molecule has 0 saturated carbocycles. The van der Waals surface area contributed by atoms with Crippen molar-refractivity contribution in [1.82, 2.24) is 15.0 Å². The van der Waals surface area contributed by atoms with E-state index in [4.69, 9.17) is 19.4 Å². The molecule has 0 aliphatic heterocycles. The summed E-state index contributed by atoms with van der Waals surface area (Å²) in [6.45, 7) is 4.50. The first kappa shape index (κ1) is 31.6. The molecule has 0 fully saturated rings. The summed E-state index contributed by atoms with van der Waals surface area (Å²) in [5.74, 6) is 1.87. The van der Waals surface area contributed by atoms with E-state index in [1.807, 2.05) is 84.9 Å². The smallest absolute Gasteiger partial charge is 0.164 e. The topological polar surface area (TPSA) is 75.6 Å². The molecule has 0 radical (unpaired) electrons. The Bertz CT molecular complexity index is 2900. The van der Waals surface area contributed by atoms with Crippen molar-refractivity contribution in [2.75, 3.05) is 0 Å². The maximum absolute atomic E-state index is 9.63. The predicted molar refractivity (Wildman–Crippen MR) is 217 cm³/mol. The molecule has 0 bridgehead atoms. The van der Waals surface area contributed by atoms with Crippen molar-refractivity contribution < 1.29 is 4.42 Å². The molecule has 1 aliphatic carbocycles. The Hall–Kier alpha value is -7.16. The Balaban J connectivity index is 1.10. The van der Waals surface area contributed by atoms with Crippen molar-refractivity contribution in [2.24, 2.45) is 0 Å². The monoisotopic (exact) mass is 692 g/mol. The number of hydrogen-bond donors (Lipinski definition) is 0. The van der Waals surface area contributed by atoms with E-state index in [0.717, 1.165) is 60.9 Å². The second-order valence-electron chi connectivity index (χ2n) is 14.4. The number of furan rings is 1. The zero-order valence-corrected chi connectivity index (χ0v) is 29.7. The van der Waals surface area contributed by atoms with Crippen LogP contribution in [0.2, 0.25) is 0 Å². The summed E-state index contributed by atoms with van der Waals surface area (Å²) in [6.07, 6.45) is 0. The molecule has 0 unspecified atom stereocenters. The van der Waals surface area contributed by atoms with Gasteiger partial charge in [0.25, 0.3) is 0 Å².